The van der Waals surface area contributed by atoms with Crippen LogP contribution in [0, 0.1) is 6.92 Å². The van der Waals surface area contributed by atoms with E-state index in [9.17, 15) is 0 Å². The third-order valence-corrected chi connectivity index (χ3v) is 3.44. The number of rotatable bonds is 4. The molecule has 4 heteroatoms. The van der Waals surface area contributed by atoms with Crippen molar-refractivity contribution in [3.05, 3.63) is 45.4 Å². The zero-order valence-electron chi connectivity index (χ0n) is 9.93. The summed E-state index contributed by atoms with van der Waals surface area (Å²) in [5.74, 6) is 0.886. The van der Waals surface area contributed by atoms with Gasteiger partial charge in [-0.25, -0.2) is 4.98 Å². The van der Waals surface area contributed by atoms with E-state index in [0.717, 1.165) is 28.4 Å². The SMILES string of the molecule is COc1ccc(C)cc1Cc1nc(CO)cs1. The highest BCUT2D eigenvalue weighted by Gasteiger charge is 2.07. The molecular weight excluding hydrogens is 234 g/mol. The molecule has 0 radical (unpaired) electrons. The molecule has 0 saturated carbocycles. The Morgan fingerprint density at radius 2 is 2.24 bits per heavy atom. The lowest BCUT2D eigenvalue weighted by molar-refractivity contribution is 0.277. The van der Waals surface area contributed by atoms with Gasteiger partial charge in [0.15, 0.2) is 0 Å². The second-order valence-electron chi connectivity index (χ2n) is 3.88. The Bertz CT molecular complexity index is 508. The van der Waals surface area contributed by atoms with Crippen LogP contribution in [0.4, 0.5) is 0 Å². The number of methoxy groups -OCH3 is 1. The summed E-state index contributed by atoms with van der Waals surface area (Å²) < 4.78 is 5.33. The van der Waals surface area contributed by atoms with Crippen LogP contribution >= 0.6 is 11.3 Å². The molecule has 1 aromatic heterocycles. The van der Waals surface area contributed by atoms with Crippen LogP contribution in [0.25, 0.3) is 0 Å². The largest absolute Gasteiger partial charge is 0.496 e. The molecule has 3 nitrogen and oxygen atoms in total. The van der Waals surface area contributed by atoms with Gasteiger partial charge in [-0.05, 0) is 13.0 Å². The standard InChI is InChI=1S/C13H15NO2S/c1-9-3-4-12(16-2)10(5-9)6-13-14-11(7-15)8-17-13/h3-5,8,15H,6-7H2,1-2H3. The summed E-state index contributed by atoms with van der Waals surface area (Å²) in [4.78, 5) is 4.34. The summed E-state index contributed by atoms with van der Waals surface area (Å²) in [6.45, 7) is 2.06. The first-order chi connectivity index (χ1) is 8.22. The molecule has 17 heavy (non-hydrogen) atoms. The summed E-state index contributed by atoms with van der Waals surface area (Å²) in [7, 11) is 1.68. The topological polar surface area (TPSA) is 42.4 Å². The Kier molecular flexibility index (Phi) is 3.76. The molecule has 2 aromatic rings. The molecule has 0 aliphatic carbocycles. The van der Waals surface area contributed by atoms with Crippen molar-refractivity contribution in [2.45, 2.75) is 20.0 Å². The zero-order valence-corrected chi connectivity index (χ0v) is 10.8. The molecular formula is C13H15NO2S. The van der Waals surface area contributed by atoms with Gasteiger partial charge in [0.2, 0.25) is 0 Å². The van der Waals surface area contributed by atoms with Crippen molar-refractivity contribution in [3.8, 4) is 5.75 Å². The van der Waals surface area contributed by atoms with Crippen molar-refractivity contribution in [2.24, 2.45) is 0 Å². The van der Waals surface area contributed by atoms with E-state index in [1.54, 1.807) is 18.4 Å². The highest BCUT2D eigenvalue weighted by molar-refractivity contribution is 7.09. The minimum Gasteiger partial charge on any atom is -0.496 e. The summed E-state index contributed by atoms with van der Waals surface area (Å²) in [5, 5.41) is 11.9. The van der Waals surface area contributed by atoms with Gasteiger partial charge in [0.1, 0.15) is 5.75 Å². The number of aliphatic hydroxyl groups is 1. The number of aryl methyl sites for hydroxylation is 1. The van der Waals surface area contributed by atoms with Crippen LogP contribution in [-0.4, -0.2) is 17.2 Å². The van der Waals surface area contributed by atoms with Crippen LogP contribution in [0.5, 0.6) is 5.75 Å². The Balaban J connectivity index is 2.25. The number of thiazole rings is 1. The smallest absolute Gasteiger partial charge is 0.122 e. The summed E-state index contributed by atoms with van der Waals surface area (Å²) in [5.41, 5.74) is 3.07. The second-order valence-corrected chi connectivity index (χ2v) is 4.83. The normalized spacial score (nSPS) is 10.5. The number of ether oxygens (including phenoxy) is 1. The van der Waals surface area contributed by atoms with Gasteiger partial charge in [-0.3, -0.25) is 0 Å². The highest BCUT2D eigenvalue weighted by atomic mass is 32.1. The molecule has 0 amide bonds. The Morgan fingerprint density at radius 1 is 1.41 bits per heavy atom. The Morgan fingerprint density at radius 3 is 2.88 bits per heavy atom. The maximum Gasteiger partial charge on any atom is 0.122 e. The van der Waals surface area contributed by atoms with Gasteiger partial charge < -0.3 is 9.84 Å². The monoisotopic (exact) mass is 249 g/mol. The maximum absolute atomic E-state index is 8.98. The van der Waals surface area contributed by atoms with Crippen molar-refractivity contribution in [1.82, 2.24) is 4.98 Å². The van der Waals surface area contributed by atoms with Crippen molar-refractivity contribution < 1.29 is 9.84 Å². The second kappa shape index (κ2) is 5.29. The van der Waals surface area contributed by atoms with Crippen molar-refractivity contribution in [3.63, 3.8) is 0 Å². The van der Waals surface area contributed by atoms with Crippen molar-refractivity contribution in [1.29, 1.82) is 0 Å². The molecule has 0 aliphatic rings. The average molecular weight is 249 g/mol. The lowest BCUT2D eigenvalue weighted by Gasteiger charge is -2.07. The van der Waals surface area contributed by atoms with Crippen LogP contribution in [0.3, 0.4) is 0 Å². The first kappa shape index (κ1) is 12.1. The third-order valence-electron chi connectivity index (χ3n) is 2.54. The van der Waals surface area contributed by atoms with E-state index in [1.165, 1.54) is 5.56 Å². The maximum atomic E-state index is 8.98. The summed E-state index contributed by atoms with van der Waals surface area (Å²) >= 11 is 1.57. The molecule has 0 fully saturated rings. The minimum absolute atomic E-state index is 0.00144. The predicted octanol–water partition coefficient (Wildman–Crippen LogP) is 2.54. The van der Waals surface area contributed by atoms with Crippen LogP contribution in [0.1, 0.15) is 21.8 Å². The quantitative estimate of drug-likeness (QED) is 0.905. The van der Waals surface area contributed by atoms with Crippen LogP contribution in [-0.2, 0) is 13.0 Å². The molecule has 0 aliphatic heterocycles. The fraction of sp³-hybridized carbons (Fsp3) is 0.308. The van der Waals surface area contributed by atoms with E-state index in [1.807, 2.05) is 17.5 Å². The lowest BCUT2D eigenvalue weighted by Crippen LogP contribution is -1.95. The number of aromatic nitrogens is 1. The minimum atomic E-state index is 0.00144. The van der Waals surface area contributed by atoms with Gasteiger partial charge in [-0.2, -0.15) is 0 Å². The van der Waals surface area contributed by atoms with E-state index < -0.39 is 0 Å². The number of hydrogen-bond donors (Lipinski definition) is 1. The molecule has 0 saturated heterocycles. The van der Waals surface area contributed by atoms with Crippen LogP contribution < -0.4 is 4.74 Å². The Labute approximate surface area is 105 Å². The van der Waals surface area contributed by atoms with Gasteiger partial charge >= 0.3 is 0 Å². The lowest BCUT2D eigenvalue weighted by atomic mass is 10.1. The van der Waals surface area contributed by atoms with E-state index in [0.29, 0.717) is 0 Å². The number of benzene rings is 1. The van der Waals surface area contributed by atoms with E-state index >= 15 is 0 Å². The van der Waals surface area contributed by atoms with Gasteiger partial charge in [0.05, 0.1) is 24.4 Å². The fourth-order valence-corrected chi connectivity index (χ4v) is 2.52. The number of aliphatic hydroxyl groups excluding tert-OH is 1. The Hall–Kier alpha value is -1.39. The van der Waals surface area contributed by atoms with Gasteiger partial charge in [-0.1, -0.05) is 17.7 Å². The molecule has 2 rings (SSSR count). The van der Waals surface area contributed by atoms with Crippen LogP contribution in [0.2, 0.25) is 0 Å². The predicted molar refractivity (Wildman–Crippen MR) is 68.6 cm³/mol. The van der Waals surface area contributed by atoms with E-state index in [-0.39, 0.29) is 6.61 Å². The first-order valence-corrected chi connectivity index (χ1v) is 6.28. The number of nitrogens with zero attached hydrogens (tertiary/aromatic N) is 1. The highest BCUT2D eigenvalue weighted by Crippen LogP contribution is 2.24. The van der Waals surface area contributed by atoms with E-state index in [4.69, 9.17) is 9.84 Å². The molecule has 0 spiro atoms. The van der Waals surface area contributed by atoms with Gasteiger partial charge in [0.25, 0.3) is 0 Å². The number of hydrogen-bond acceptors (Lipinski definition) is 4. The fourth-order valence-electron chi connectivity index (χ4n) is 1.71. The molecule has 1 heterocycles. The molecule has 1 N–H and O–H groups in total. The van der Waals surface area contributed by atoms with Gasteiger partial charge in [0, 0.05) is 17.4 Å². The zero-order chi connectivity index (χ0) is 12.3. The molecule has 1 aromatic carbocycles. The molecule has 0 bridgehead atoms. The molecule has 90 valence electrons. The van der Waals surface area contributed by atoms with Crippen molar-refractivity contribution in [2.75, 3.05) is 7.11 Å². The summed E-state index contributed by atoms with van der Waals surface area (Å²) in [6.07, 6.45) is 0.746. The van der Waals surface area contributed by atoms with Crippen LogP contribution in [0.15, 0.2) is 23.6 Å². The van der Waals surface area contributed by atoms with Gasteiger partial charge in [-0.15, -0.1) is 11.3 Å². The first-order valence-electron chi connectivity index (χ1n) is 5.40. The molecule has 0 atom stereocenters. The third kappa shape index (κ3) is 2.84. The molecule has 0 unspecified atom stereocenters. The average Bonchev–Trinajstić information content (AvgIpc) is 2.77. The van der Waals surface area contributed by atoms with Crippen molar-refractivity contribution >= 4 is 11.3 Å². The van der Waals surface area contributed by atoms with E-state index in [2.05, 4.69) is 18.0 Å². The summed E-state index contributed by atoms with van der Waals surface area (Å²) in [6, 6.07) is 6.12.